The predicted octanol–water partition coefficient (Wildman–Crippen LogP) is 3.36. The van der Waals surface area contributed by atoms with Crippen molar-refractivity contribution < 1.29 is 14.3 Å². The SMILES string of the molecule is CCc1ccc(OC(=O)C2CCC(OC)CC2)cc1. The molecule has 0 amide bonds. The van der Waals surface area contributed by atoms with Crippen LogP contribution in [0.3, 0.4) is 0 Å². The first kappa shape index (κ1) is 14.1. The summed E-state index contributed by atoms with van der Waals surface area (Å²) in [6.45, 7) is 2.11. The molecule has 0 N–H and O–H groups in total. The molecule has 1 saturated carbocycles. The number of carbonyl (C=O) groups excluding carboxylic acids is 1. The largest absolute Gasteiger partial charge is 0.426 e. The average molecular weight is 262 g/mol. The van der Waals surface area contributed by atoms with Gasteiger partial charge in [0.05, 0.1) is 12.0 Å². The van der Waals surface area contributed by atoms with E-state index in [1.54, 1.807) is 7.11 Å². The van der Waals surface area contributed by atoms with Crippen LogP contribution in [-0.2, 0) is 16.0 Å². The Balaban J connectivity index is 1.86. The lowest BCUT2D eigenvalue weighted by molar-refractivity contribution is -0.140. The quantitative estimate of drug-likeness (QED) is 0.616. The normalized spacial score (nSPS) is 23.1. The van der Waals surface area contributed by atoms with Crippen LogP contribution in [0.25, 0.3) is 0 Å². The van der Waals surface area contributed by atoms with Crippen molar-refractivity contribution in [1.29, 1.82) is 0 Å². The number of methoxy groups -OCH3 is 1. The Morgan fingerprint density at radius 3 is 2.32 bits per heavy atom. The molecule has 0 saturated heterocycles. The lowest BCUT2D eigenvalue weighted by Crippen LogP contribution is -2.28. The lowest BCUT2D eigenvalue weighted by Gasteiger charge is -2.26. The Hall–Kier alpha value is -1.35. The number of ether oxygens (including phenoxy) is 2. The summed E-state index contributed by atoms with van der Waals surface area (Å²) in [7, 11) is 1.73. The highest BCUT2D eigenvalue weighted by atomic mass is 16.5. The van der Waals surface area contributed by atoms with Crippen molar-refractivity contribution in [3.05, 3.63) is 29.8 Å². The number of esters is 1. The molecule has 0 aliphatic heterocycles. The molecule has 2 rings (SSSR count). The van der Waals surface area contributed by atoms with Crippen LogP contribution >= 0.6 is 0 Å². The molecular weight excluding hydrogens is 240 g/mol. The second kappa shape index (κ2) is 6.71. The smallest absolute Gasteiger partial charge is 0.314 e. The third kappa shape index (κ3) is 3.80. The van der Waals surface area contributed by atoms with Crippen molar-refractivity contribution in [1.82, 2.24) is 0 Å². The molecule has 3 nitrogen and oxygen atoms in total. The van der Waals surface area contributed by atoms with Crippen molar-refractivity contribution in [2.45, 2.75) is 45.1 Å². The Morgan fingerprint density at radius 2 is 1.79 bits per heavy atom. The molecule has 0 atom stereocenters. The first-order chi connectivity index (χ1) is 9.22. The van der Waals surface area contributed by atoms with E-state index in [2.05, 4.69) is 6.92 Å². The molecule has 0 radical (unpaired) electrons. The summed E-state index contributed by atoms with van der Waals surface area (Å²) < 4.78 is 10.8. The van der Waals surface area contributed by atoms with E-state index >= 15 is 0 Å². The fourth-order valence-electron chi connectivity index (χ4n) is 2.53. The molecule has 1 aromatic rings. The van der Waals surface area contributed by atoms with Gasteiger partial charge < -0.3 is 9.47 Å². The van der Waals surface area contributed by atoms with Crippen LogP contribution in [-0.4, -0.2) is 19.2 Å². The Kier molecular flexibility index (Phi) is 4.97. The van der Waals surface area contributed by atoms with E-state index in [0.717, 1.165) is 32.1 Å². The van der Waals surface area contributed by atoms with Crippen LogP contribution in [0.15, 0.2) is 24.3 Å². The third-order valence-corrected chi connectivity index (χ3v) is 3.89. The van der Waals surface area contributed by atoms with E-state index in [9.17, 15) is 4.79 Å². The first-order valence-electron chi connectivity index (χ1n) is 7.06. The van der Waals surface area contributed by atoms with Crippen molar-refractivity contribution in [3.8, 4) is 5.75 Å². The maximum Gasteiger partial charge on any atom is 0.314 e. The van der Waals surface area contributed by atoms with E-state index in [4.69, 9.17) is 9.47 Å². The van der Waals surface area contributed by atoms with Crippen LogP contribution in [0.4, 0.5) is 0 Å². The highest BCUT2D eigenvalue weighted by Crippen LogP contribution is 2.27. The Morgan fingerprint density at radius 1 is 1.16 bits per heavy atom. The van der Waals surface area contributed by atoms with E-state index in [1.165, 1.54) is 5.56 Å². The highest BCUT2D eigenvalue weighted by molar-refractivity contribution is 5.75. The van der Waals surface area contributed by atoms with Gasteiger partial charge in [-0.3, -0.25) is 4.79 Å². The van der Waals surface area contributed by atoms with Crippen LogP contribution in [0.2, 0.25) is 0 Å². The Labute approximate surface area is 114 Å². The van der Waals surface area contributed by atoms with E-state index < -0.39 is 0 Å². The minimum absolute atomic E-state index is 0.0252. The van der Waals surface area contributed by atoms with Crippen molar-refractivity contribution in [3.63, 3.8) is 0 Å². The summed E-state index contributed by atoms with van der Waals surface area (Å²) in [6.07, 6.45) is 4.94. The predicted molar refractivity (Wildman–Crippen MR) is 74.2 cm³/mol. The molecule has 1 aliphatic rings. The van der Waals surface area contributed by atoms with Crippen LogP contribution < -0.4 is 4.74 Å². The van der Waals surface area contributed by atoms with Gasteiger partial charge in [0, 0.05) is 7.11 Å². The number of aryl methyl sites for hydroxylation is 1. The van der Waals surface area contributed by atoms with Gasteiger partial charge in [0.1, 0.15) is 5.75 Å². The minimum Gasteiger partial charge on any atom is -0.426 e. The number of hydrogen-bond acceptors (Lipinski definition) is 3. The summed E-state index contributed by atoms with van der Waals surface area (Å²) in [5.41, 5.74) is 1.25. The Bertz CT molecular complexity index is 403. The summed E-state index contributed by atoms with van der Waals surface area (Å²) in [6, 6.07) is 7.75. The van der Waals surface area contributed by atoms with Gasteiger partial charge >= 0.3 is 5.97 Å². The fourth-order valence-corrected chi connectivity index (χ4v) is 2.53. The molecule has 1 aromatic carbocycles. The van der Waals surface area contributed by atoms with Gasteiger partial charge in [-0.1, -0.05) is 19.1 Å². The fraction of sp³-hybridized carbons (Fsp3) is 0.562. The molecule has 1 aliphatic carbocycles. The maximum atomic E-state index is 12.1. The van der Waals surface area contributed by atoms with Crippen LogP contribution in [0, 0.1) is 5.92 Å². The summed E-state index contributed by atoms with van der Waals surface area (Å²) in [4.78, 5) is 12.1. The molecule has 1 fully saturated rings. The molecule has 19 heavy (non-hydrogen) atoms. The summed E-state index contributed by atoms with van der Waals surface area (Å²) in [5, 5.41) is 0. The average Bonchev–Trinajstić information content (AvgIpc) is 2.48. The first-order valence-corrected chi connectivity index (χ1v) is 7.06. The van der Waals surface area contributed by atoms with Gasteiger partial charge in [-0.2, -0.15) is 0 Å². The van der Waals surface area contributed by atoms with Crippen LogP contribution in [0.5, 0.6) is 5.75 Å². The van der Waals surface area contributed by atoms with Gasteiger partial charge in [0.2, 0.25) is 0 Å². The zero-order valence-electron chi connectivity index (χ0n) is 11.7. The maximum absolute atomic E-state index is 12.1. The molecular formula is C16H22O3. The molecule has 3 heteroatoms. The molecule has 0 aromatic heterocycles. The van der Waals surface area contributed by atoms with Crippen molar-refractivity contribution in [2.24, 2.45) is 5.92 Å². The molecule has 0 heterocycles. The molecule has 0 spiro atoms. The number of carbonyl (C=O) groups is 1. The van der Waals surface area contributed by atoms with E-state index in [-0.39, 0.29) is 11.9 Å². The van der Waals surface area contributed by atoms with E-state index in [1.807, 2.05) is 24.3 Å². The molecule has 0 unspecified atom stereocenters. The minimum atomic E-state index is -0.0983. The molecule has 104 valence electrons. The zero-order chi connectivity index (χ0) is 13.7. The molecule has 0 bridgehead atoms. The third-order valence-electron chi connectivity index (χ3n) is 3.89. The van der Waals surface area contributed by atoms with Gasteiger partial charge in [0.15, 0.2) is 0 Å². The number of rotatable bonds is 4. The summed E-state index contributed by atoms with van der Waals surface area (Å²) >= 11 is 0. The van der Waals surface area contributed by atoms with Crippen molar-refractivity contribution in [2.75, 3.05) is 7.11 Å². The van der Waals surface area contributed by atoms with Crippen molar-refractivity contribution >= 4 is 5.97 Å². The van der Waals surface area contributed by atoms with Gasteiger partial charge in [-0.15, -0.1) is 0 Å². The van der Waals surface area contributed by atoms with Gasteiger partial charge in [0.25, 0.3) is 0 Å². The summed E-state index contributed by atoms with van der Waals surface area (Å²) in [5.74, 6) is 0.576. The standard InChI is InChI=1S/C16H22O3/c1-3-12-4-8-15(9-5-12)19-16(17)13-6-10-14(18-2)11-7-13/h4-5,8-9,13-14H,3,6-7,10-11H2,1-2H3. The number of benzene rings is 1. The van der Waals surface area contributed by atoms with Gasteiger partial charge in [-0.25, -0.2) is 0 Å². The topological polar surface area (TPSA) is 35.5 Å². The second-order valence-electron chi connectivity index (χ2n) is 5.13. The lowest BCUT2D eigenvalue weighted by atomic mass is 9.87. The highest BCUT2D eigenvalue weighted by Gasteiger charge is 2.27. The zero-order valence-corrected chi connectivity index (χ0v) is 11.7. The van der Waals surface area contributed by atoms with Gasteiger partial charge in [-0.05, 0) is 49.8 Å². The second-order valence-corrected chi connectivity index (χ2v) is 5.13. The number of hydrogen-bond donors (Lipinski definition) is 0. The monoisotopic (exact) mass is 262 g/mol. The van der Waals surface area contributed by atoms with Crippen LogP contribution in [0.1, 0.15) is 38.2 Å². The van der Waals surface area contributed by atoms with E-state index in [0.29, 0.717) is 11.9 Å².